The fourth-order valence-corrected chi connectivity index (χ4v) is 1.16. The molecule has 2 N–H and O–H groups in total. The van der Waals surface area contributed by atoms with Crippen molar-refractivity contribution < 1.29 is 0 Å². The first-order valence-corrected chi connectivity index (χ1v) is 3.46. The van der Waals surface area contributed by atoms with Crippen molar-refractivity contribution in [3.8, 4) is 0 Å². The summed E-state index contributed by atoms with van der Waals surface area (Å²) in [6.45, 7) is 4.08. The van der Waals surface area contributed by atoms with Gasteiger partial charge in [0.05, 0.1) is 11.4 Å². The first-order valence-electron chi connectivity index (χ1n) is 3.46. The van der Waals surface area contributed by atoms with Gasteiger partial charge >= 0.3 is 0 Å². The van der Waals surface area contributed by atoms with Crippen LogP contribution in [0.1, 0.15) is 17.3 Å². The number of hydrogen-bond donors (Lipinski definition) is 2. The molecule has 0 atom stereocenters. The molecule has 6 heteroatoms. The third kappa shape index (κ3) is 1.88. The lowest BCUT2D eigenvalue weighted by atomic mass is 9.98. The Hall–Kier alpha value is -0.320. The minimum absolute atomic E-state index is 0. The molecular formula is C6H12Cl2N4. The van der Waals surface area contributed by atoms with Crippen molar-refractivity contribution in [1.82, 2.24) is 20.7 Å². The molecule has 70 valence electrons. The molecule has 2 rings (SSSR count). The van der Waals surface area contributed by atoms with Crippen LogP contribution in [-0.2, 0) is 0 Å². The Labute approximate surface area is 83.3 Å². The van der Waals surface area contributed by atoms with E-state index in [0.717, 1.165) is 24.5 Å². The van der Waals surface area contributed by atoms with Crippen LogP contribution in [0.15, 0.2) is 0 Å². The van der Waals surface area contributed by atoms with Gasteiger partial charge in [-0.25, -0.2) is 0 Å². The number of hydrogen-bond acceptors (Lipinski definition) is 3. The Kier molecular flexibility index (Phi) is 4.52. The molecule has 0 spiro atoms. The largest absolute Gasteiger partial charge is 0.315 e. The van der Waals surface area contributed by atoms with Crippen LogP contribution in [0.25, 0.3) is 0 Å². The van der Waals surface area contributed by atoms with Gasteiger partial charge in [-0.1, -0.05) is 0 Å². The minimum Gasteiger partial charge on any atom is -0.315 e. The number of nitrogens with one attached hydrogen (secondary N) is 2. The third-order valence-corrected chi connectivity index (χ3v) is 1.93. The van der Waals surface area contributed by atoms with E-state index < -0.39 is 0 Å². The van der Waals surface area contributed by atoms with Gasteiger partial charge in [-0.2, -0.15) is 15.4 Å². The molecule has 0 radical (unpaired) electrons. The highest BCUT2D eigenvalue weighted by molar-refractivity contribution is 5.85. The van der Waals surface area contributed by atoms with E-state index in [1.54, 1.807) is 0 Å². The molecule has 0 aromatic carbocycles. The molecule has 1 aromatic heterocycles. The van der Waals surface area contributed by atoms with Crippen LogP contribution in [0, 0.1) is 6.92 Å². The number of aromatic nitrogens is 3. The summed E-state index contributed by atoms with van der Waals surface area (Å²) in [6, 6.07) is 0. The van der Waals surface area contributed by atoms with Crippen LogP contribution < -0.4 is 5.32 Å². The number of aromatic amines is 1. The van der Waals surface area contributed by atoms with Crippen LogP contribution in [-0.4, -0.2) is 28.5 Å². The molecule has 0 saturated carbocycles. The average molecular weight is 211 g/mol. The standard InChI is InChI=1S/C6H10N4.2ClH/c1-4-6(9-10-8-4)5-2-7-3-5;;/h5,7H,2-3H2,1H3,(H,8,9,10);2*1H. The summed E-state index contributed by atoms with van der Waals surface area (Å²) in [6.07, 6.45) is 0. The normalized spacial score (nSPS) is 15.8. The highest BCUT2D eigenvalue weighted by atomic mass is 35.5. The molecule has 1 fully saturated rings. The highest BCUT2D eigenvalue weighted by Gasteiger charge is 2.23. The number of halogens is 2. The van der Waals surface area contributed by atoms with E-state index in [2.05, 4.69) is 20.7 Å². The summed E-state index contributed by atoms with van der Waals surface area (Å²) in [5, 5.41) is 13.8. The summed E-state index contributed by atoms with van der Waals surface area (Å²) < 4.78 is 0. The number of nitrogens with zero attached hydrogens (tertiary/aromatic N) is 2. The Balaban J connectivity index is 0.000000605. The zero-order valence-electron chi connectivity index (χ0n) is 6.70. The quantitative estimate of drug-likeness (QED) is 0.716. The lowest BCUT2D eigenvalue weighted by Crippen LogP contribution is -2.40. The average Bonchev–Trinajstić information content (AvgIpc) is 2.12. The van der Waals surface area contributed by atoms with Crippen molar-refractivity contribution in [3.05, 3.63) is 11.4 Å². The topological polar surface area (TPSA) is 53.6 Å². The fraction of sp³-hybridized carbons (Fsp3) is 0.667. The smallest absolute Gasteiger partial charge is 0.0910 e. The molecule has 0 unspecified atom stereocenters. The van der Waals surface area contributed by atoms with Crippen molar-refractivity contribution in [1.29, 1.82) is 0 Å². The van der Waals surface area contributed by atoms with E-state index in [-0.39, 0.29) is 24.8 Å². The molecule has 1 aliphatic heterocycles. The maximum Gasteiger partial charge on any atom is 0.0910 e. The van der Waals surface area contributed by atoms with Crippen molar-refractivity contribution in [3.63, 3.8) is 0 Å². The summed E-state index contributed by atoms with van der Waals surface area (Å²) in [5.41, 5.74) is 2.16. The molecule has 4 nitrogen and oxygen atoms in total. The van der Waals surface area contributed by atoms with E-state index in [9.17, 15) is 0 Å². The zero-order valence-corrected chi connectivity index (χ0v) is 8.34. The van der Waals surface area contributed by atoms with E-state index in [4.69, 9.17) is 0 Å². The Morgan fingerprint density at radius 1 is 1.25 bits per heavy atom. The lowest BCUT2D eigenvalue weighted by Gasteiger charge is -2.25. The van der Waals surface area contributed by atoms with Gasteiger partial charge in [-0.3, -0.25) is 0 Å². The van der Waals surface area contributed by atoms with Crippen molar-refractivity contribution >= 4 is 24.8 Å². The minimum atomic E-state index is 0. The molecule has 0 amide bonds. The van der Waals surface area contributed by atoms with Crippen LogP contribution >= 0.6 is 24.8 Å². The lowest BCUT2D eigenvalue weighted by molar-refractivity contribution is 0.438. The van der Waals surface area contributed by atoms with E-state index in [0.29, 0.717) is 5.92 Å². The number of rotatable bonds is 1. The summed E-state index contributed by atoms with van der Waals surface area (Å²) in [5.74, 6) is 0.596. The zero-order chi connectivity index (χ0) is 6.97. The Morgan fingerprint density at radius 3 is 2.25 bits per heavy atom. The van der Waals surface area contributed by atoms with Crippen LogP contribution in [0.3, 0.4) is 0 Å². The number of aryl methyl sites for hydroxylation is 1. The first kappa shape index (κ1) is 11.7. The molecule has 1 aromatic rings. The van der Waals surface area contributed by atoms with Crippen LogP contribution in [0.4, 0.5) is 0 Å². The molecule has 0 bridgehead atoms. The van der Waals surface area contributed by atoms with E-state index in [1.807, 2.05) is 6.92 Å². The second-order valence-electron chi connectivity index (χ2n) is 2.65. The number of H-pyrrole nitrogens is 1. The van der Waals surface area contributed by atoms with Gasteiger partial charge in [0, 0.05) is 19.0 Å². The second kappa shape index (κ2) is 4.64. The van der Waals surface area contributed by atoms with Crippen molar-refractivity contribution in [2.24, 2.45) is 0 Å². The Bertz CT molecular complexity index is 233. The van der Waals surface area contributed by atoms with Crippen LogP contribution in [0.2, 0.25) is 0 Å². The van der Waals surface area contributed by atoms with Gasteiger partial charge in [0.15, 0.2) is 0 Å². The molecule has 0 aliphatic carbocycles. The predicted octanol–water partition coefficient (Wildman–Crippen LogP) is 0.644. The molecule has 12 heavy (non-hydrogen) atoms. The van der Waals surface area contributed by atoms with E-state index >= 15 is 0 Å². The van der Waals surface area contributed by atoms with Crippen molar-refractivity contribution in [2.45, 2.75) is 12.8 Å². The summed E-state index contributed by atoms with van der Waals surface area (Å²) in [4.78, 5) is 0. The van der Waals surface area contributed by atoms with Gasteiger partial charge in [0.25, 0.3) is 0 Å². The Morgan fingerprint density at radius 2 is 1.92 bits per heavy atom. The van der Waals surface area contributed by atoms with Crippen molar-refractivity contribution in [2.75, 3.05) is 13.1 Å². The van der Waals surface area contributed by atoms with E-state index in [1.165, 1.54) is 0 Å². The summed E-state index contributed by atoms with van der Waals surface area (Å²) in [7, 11) is 0. The SMILES string of the molecule is Cc1n[nH]nc1C1CNC1.Cl.Cl. The third-order valence-electron chi connectivity index (χ3n) is 1.93. The predicted molar refractivity (Wildman–Crippen MR) is 51.2 cm³/mol. The van der Waals surface area contributed by atoms with Gasteiger partial charge in [-0.05, 0) is 6.92 Å². The van der Waals surface area contributed by atoms with Gasteiger partial charge < -0.3 is 5.32 Å². The monoisotopic (exact) mass is 210 g/mol. The summed E-state index contributed by atoms with van der Waals surface area (Å²) >= 11 is 0. The van der Waals surface area contributed by atoms with Crippen LogP contribution in [0.5, 0.6) is 0 Å². The maximum atomic E-state index is 4.06. The first-order chi connectivity index (χ1) is 4.88. The molecular weight excluding hydrogens is 199 g/mol. The van der Waals surface area contributed by atoms with Gasteiger partial charge in [0.2, 0.25) is 0 Å². The highest BCUT2D eigenvalue weighted by Crippen LogP contribution is 2.18. The van der Waals surface area contributed by atoms with Gasteiger partial charge in [-0.15, -0.1) is 24.8 Å². The fourth-order valence-electron chi connectivity index (χ4n) is 1.16. The molecule has 2 heterocycles. The second-order valence-corrected chi connectivity index (χ2v) is 2.65. The van der Waals surface area contributed by atoms with Gasteiger partial charge in [0.1, 0.15) is 0 Å². The maximum absolute atomic E-state index is 4.06. The molecule has 1 saturated heterocycles. The molecule has 1 aliphatic rings.